The Balaban J connectivity index is 2.13. The second kappa shape index (κ2) is 7.23. The summed E-state index contributed by atoms with van der Waals surface area (Å²) < 4.78 is 11.0. The molecule has 0 bridgehead atoms. The second-order valence-electron chi connectivity index (χ2n) is 5.67. The Morgan fingerprint density at radius 2 is 1.69 bits per heavy atom. The number of rotatable bonds is 4. The number of methoxy groups -OCH3 is 2. The Hall–Kier alpha value is -3.41. The van der Waals surface area contributed by atoms with Gasteiger partial charge in [-0.1, -0.05) is 18.2 Å². The van der Waals surface area contributed by atoms with Crippen molar-refractivity contribution in [1.29, 1.82) is 0 Å². The maximum absolute atomic E-state index is 12.8. The number of nitrogens with zero attached hydrogens (tertiary/aromatic N) is 1. The molecule has 132 valence electrons. The summed E-state index contributed by atoms with van der Waals surface area (Å²) in [6, 6.07) is 13.9. The highest BCUT2D eigenvalue weighted by molar-refractivity contribution is 6.04. The average molecular weight is 351 g/mol. The Kier molecular flexibility index (Phi) is 4.84. The van der Waals surface area contributed by atoms with E-state index in [2.05, 4.69) is 0 Å². The standard InChI is InChI=1S/C20H17NO5/c1-25-18(22)12-15-11-17-14(10-16(15)20(24)26-2)8-9-21(17)19(23)13-6-4-3-5-7-13/h3-11H,12H2,1-2H3. The normalized spacial score (nSPS) is 10.5. The summed E-state index contributed by atoms with van der Waals surface area (Å²) >= 11 is 0. The highest BCUT2D eigenvalue weighted by atomic mass is 16.5. The van der Waals surface area contributed by atoms with Crippen LogP contribution >= 0.6 is 0 Å². The van der Waals surface area contributed by atoms with E-state index in [4.69, 9.17) is 9.47 Å². The molecule has 1 aromatic heterocycles. The van der Waals surface area contributed by atoms with Gasteiger partial charge in [0.2, 0.25) is 0 Å². The number of hydrogen-bond donors (Lipinski definition) is 0. The molecule has 0 saturated carbocycles. The van der Waals surface area contributed by atoms with Crippen LogP contribution in [-0.4, -0.2) is 36.6 Å². The Morgan fingerprint density at radius 1 is 0.962 bits per heavy atom. The molecule has 0 radical (unpaired) electrons. The molecule has 26 heavy (non-hydrogen) atoms. The van der Waals surface area contributed by atoms with Gasteiger partial charge in [0.05, 0.1) is 31.7 Å². The Bertz CT molecular complexity index is 988. The lowest BCUT2D eigenvalue weighted by atomic mass is 10.0. The molecule has 2 aromatic carbocycles. The highest BCUT2D eigenvalue weighted by Crippen LogP contribution is 2.24. The van der Waals surface area contributed by atoms with Gasteiger partial charge in [0, 0.05) is 17.1 Å². The molecule has 0 amide bonds. The van der Waals surface area contributed by atoms with Crippen molar-refractivity contribution in [2.24, 2.45) is 0 Å². The van der Waals surface area contributed by atoms with E-state index in [1.165, 1.54) is 18.8 Å². The molecule has 3 rings (SSSR count). The van der Waals surface area contributed by atoms with Crippen LogP contribution in [0.2, 0.25) is 0 Å². The van der Waals surface area contributed by atoms with Gasteiger partial charge in [-0.2, -0.15) is 0 Å². The van der Waals surface area contributed by atoms with Crippen molar-refractivity contribution in [3.05, 3.63) is 71.4 Å². The summed E-state index contributed by atoms with van der Waals surface area (Å²) in [7, 11) is 2.55. The van der Waals surface area contributed by atoms with E-state index in [1.54, 1.807) is 48.7 Å². The van der Waals surface area contributed by atoms with Gasteiger partial charge < -0.3 is 9.47 Å². The predicted molar refractivity (Wildman–Crippen MR) is 95.2 cm³/mol. The van der Waals surface area contributed by atoms with Gasteiger partial charge in [0.25, 0.3) is 5.91 Å². The summed E-state index contributed by atoms with van der Waals surface area (Å²) in [5, 5.41) is 0.697. The van der Waals surface area contributed by atoms with E-state index in [9.17, 15) is 14.4 Å². The lowest BCUT2D eigenvalue weighted by Gasteiger charge is -2.10. The smallest absolute Gasteiger partial charge is 0.338 e. The lowest BCUT2D eigenvalue weighted by molar-refractivity contribution is -0.139. The number of carbonyl (C=O) groups is 3. The molecule has 0 aliphatic carbocycles. The minimum atomic E-state index is -0.548. The summed E-state index contributed by atoms with van der Waals surface area (Å²) in [4.78, 5) is 36.5. The van der Waals surface area contributed by atoms with E-state index in [0.717, 1.165) is 0 Å². The molecule has 0 N–H and O–H groups in total. The molecule has 0 atom stereocenters. The average Bonchev–Trinajstić information content (AvgIpc) is 3.09. The van der Waals surface area contributed by atoms with Gasteiger partial charge in [-0.25, -0.2) is 4.79 Å². The molecule has 6 heteroatoms. The van der Waals surface area contributed by atoms with Gasteiger partial charge in [-0.15, -0.1) is 0 Å². The summed E-state index contributed by atoms with van der Waals surface area (Å²) in [5.74, 6) is -1.23. The number of ether oxygens (including phenoxy) is 2. The molecule has 0 fully saturated rings. The largest absolute Gasteiger partial charge is 0.469 e. The molecule has 0 unspecified atom stereocenters. The zero-order chi connectivity index (χ0) is 18.7. The maximum atomic E-state index is 12.8. The summed E-state index contributed by atoms with van der Waals surface area (Å²) in [6.45, 7) is 0. The Labute approximate surface area is 149 Å². The zero-order valence-electron chi connectivity index (χ0n) is 14.4. The van der Waals surface area contributed by atoms with Crippen LogP contribution in [0.15, 0.2) is 54.7 Å². The molecular weight excluding hydrogens is 334 g/mol. The topological polar surface area (TPSA) is 74.6 Å². The molecule has 0 aliphatic heterocycles. The third-order valence-electron chi connectivity index (χ3n) is 4.12. The predicted octanol–water partition coefficient (Wildman–Crippen LogP) is 2.83. The van der Waals surface area contributed by atoms with Crippen LogP contribution in [0.3, 0.4) is 0 Å². The van der Waals surface area contributed by atoms with E-state index >= 15 is 0 Å². The van der Waals surface area contributed by atoms with Crippen LogP contribution in [0.5, 0.6) is 0 Å². The van der Waals surface area contributed by atoms with Crippen LogP contribution in [0, 0.1) is 0 Å². The highest BCUT2D eigenvalue weighted by Gasteiger charge is 2.19. The SMILES string of the molecule is COC(=O)Cc1cc2c(ccn2C(=O)c2ccccc2)cc1C(=O)OC. The van der Waals surface area contributed by atoms with Crippen molar-refractivity contribution < 1.29 is 23.9 Å². The number of aromatic nitrogens is 1. The van der Waals surface area contributed by atoms with Crippen LogP contribution in [0.4, 0.5) is 0 Å². The molecule has 1 heterocycles. The number of benzene rings is 2. The van der Waals surface area contributed by atoms with E-state index in [-0.39, 0.29) is 17.9 Å². The fraction of sp³-hybridized carbons (Fsp3) is 0.150. The van der Waals surface area contributed by atoms with Crippen molar-refractivity contribution in [3.63, 3.8) is 0 Å². The van der Waals surface area contributed by atoms with Crippen molar-refractivity contribution in [2.45, 2.75) is 6.42 Å². The van der Waals surface area contributed by atoms with Gasteiger partial charge in [-0.3, -0.25) is 14.2 Å². The van der Waals surface area contributed by atoms with Crippen molar-refractivity contribution in [2.75, 3.05) is 14.2 Å². The molecule has 0 saturated heterocycles. The van der Waals surface area contributed by atoms with Gasteiger partial charge in [0.1, 0.15) is 0 Å². The first-order chi connectivity index (χ1) is 12.5. The summed E-state index contributed by atoms with van der Waals surface area (Å²) in [5.41, 5.74) is 1.86. The fourth-order valence-corrected chi connectivity index (χ4v) is 2.80. The Morgan fingerprint density at radius 3 is 2.35 bits per heavy atom. The number of esters is 2. The first-order valence-electron chi connectivity index (χ1n) is 7.94. The van der Waals surface area contributed by atoms with Crippen molar-refractivity contribution >= 4 is 28.7 Å². The molecule has 0 spiro atoms. The first-order valence-corrected chi connectivity index (χ1v) is 7.94. The fourth-order valence-electron chi connectivity index (χ4n) is 2.80. The van der Waals surface area contributed by atoms with Crippen LogP contribution in [0.25, 0.3) is 10.9 Å². The molecule has 0 aliphatic rings. The first kappa shape index (κ1) is 17.4. The maximum Gasteiger partial charge on any atom is 0.338 e. The third kappa shape index (κ3) is 3.21. The quantitative estimate of drug-likeness (QED) is 0.676. The van der Waals surface area contributed by atoms with E-state index in [0.29, 0.717) is 22.0 Å². The van der Waals surface area contributed by atoms with E-state index in [1.807, 2.05) is 6.07 Å². The van der Waals surface area contributed by atoms with Crippen LogP contribution in [-0.2, 0) is 20.7 Å². The second-order valence-corrected chi connectivity index (χ2v) is 5.67. The van der Waals surface area contributed by atoms with Crippen molar-refractivity contribution in [3.8, 4) is 0 Å². The van der Waals surface area contributed by atoms with E-state index < -0.39 is 11.9 Å². The van der Waals surface area contributed by atoms with Crippen molar-refractivity contribution in [1.82, 2.24) is 4.57 Å². The zero-order valence-corrected chi connectivity index (χ0v) is 14.4. The number of hydrogen-bond acceptors (Lipinski definition) is 5. The minimum Gasteiger partial charge on any atom is -0.469 e. The van der Waals surface area contributed by atoms with Crippen LogP contribution < -0.4 is 0 Å². The van der Waals surface area contributed by atoms with Gasteiger partial charge >= 0.3 is 11.9 Å². The van der Waals surface area contributed by atoms with Gasteiger partial charge in [0.15, 0.2) is 0 Å². The number of fused-ring (bicyclic) bond motifs is 1. The molecule has 3 aromatic rings. The minimum absolute atomic E-state index is 0.0957. The summed E-state index contributed by atoms with van der Waals surface area (Å²) in [6.07, 6.45) is 1.55. The molecular formula is C20H17NO5. The van der Waals surface area contributed by atoms with Crippen LogP contribution in [0.1, 0.15) is 26.3 Å². The molecule has 6 nitrogen and oxygen atoms in total. The monoisotopic (exact) mass is 351 g/mol. The van der Waals surface area contributed by atoms with Gasteiger partial charge in [-0.05, 0) is 35.9 Å². The number of carbonyl (C=O) groups excluding carboxylic acids is 3. The third-order valence-corrected chi connectivity index (χ3v) is 4.12. The lowest BCUT2D eigenvalue weighted by Crippen LogP contribution is -2.13.